The first-order valence-corrected chi connectivity index (χ1v) is 7.81. The summed E-state index contributed by atoms with van der Waals surface area (Å²) in [4.78, 5) is 13.1. The summed E-state index contributed by atoms with van der Waals surface area (Å²) in [6.07, 6.45) is 0.859. The van der Waals surface area contributed by atoms with Gasteiger partial charge in [-0.05, 0) is 29.8 Å². The summed E-state index contributed by atoms with van der Waals surface area (Å²) >= 11 is 1.73. The summed E-state index contributed by atoms with van der Waals surface area (Å²) in [6, 6.07) is 16.0. The molecule has 106 valence electrons. The number of rotatable bonds is 5. The molecular formula is C18H16O2S. The Morgan fingerprint density at radius 2 is 1.95 bits per heavy atom. The van der Waals surface area contributed by atoms with Crippen LogP contribution in [-0.2, 0) is 6.42 Å². The molecule has 0 saturated heterocycles. The van der Waals surface area contributed by atoms with Crippen molar-refractivity contribution in [3.05, 3.63) is 64.4 Å². The highest BCUT2D eigenvalue weighted by molar-refractivity contribution is 7.09. The molecule has 0 spiro atoms. The van der Waals surface area contributed by atoms with Crippen molar-refractivity contribution in [1.29, 1.82) is 0 Å². The van der Waals surface area contributed by atoms with E-state index in [1.807, 2.05) is 42.5 Å². The second-order valence-electron chi connectivity index (χ2n) is 4.90. The van der Waals surface area contributed by atoms with Crippen molar-refractivity contribution in [2.45, 2.75) is 13.3 Å². The number of hydrogen-bond donors (Lipinski definition) is 0. The van der Waals surface area contributed by atoms with Gasteiger partial charge in [0.2, 0.25) is 0 Å². The van der Waals surface area contributed by atoms with E-state index >= 15 is 0 Å². The number of hydrogen-bond acceptors (Lipinski definition) is 3. The van der Waals surface area contributed by atoms with Gasteiger partial charge in [-0.3, -0.25) is 4.79 Å². The lowest BCUT2D eigenvalue weighted by Crippen LogP contribution is -2.05. The Morgan fingerprint density at radius 3 is 2.71 bits per heavy atom. The van der Waals surface area contributed by atoms with Crippen LogP contribution in [0.2, 0.25) is 0 Å². The van der Waals surface area contributed by atoms with Crippen LogP contribution in [0.15, 0.2) is 53.9 Å². The maximum absolute atomic E-state index is 11.8. The van der Waals surface area contributed by atoms with Crippen molar-refractivity contribution < 1.29 is 9.53 Å². The van der Waals surface area contributed by atoms with Gasteiger partial charge in [-0.1, -0.05) is 36.4 Å². The molecule has 0 aliphatic carbocycles. The van der Waals surface area contributed by atoms with Crippen LogP contribution in [0.4, 0.5) is 0 Å². The molecule has 0 radical (unpaired) electrons. The molecular weight excluding hydrogens is 280 g/mol. The lowest BCUT2D eigenvalue weighted by Gasteiger charge is -2.12. The Hall–Kier alpha value is -2.13. The van der Waals surface area contributed by atoms with E-state index in [4.69, 9.17) is 4.74 Å². The number of carbonyl (C=O) groups is 1. The van der Waals surface area contributed by atoms with E-state index in [-0.39, 0.29) is 5.78 Å². The molecule has 21 heavy (non-hydrogen) atoms. The van der Waals surface area contributed by atoms with Crippen LogP contribution in [0, 0.1) is 0 Å². The SMILES string of the molecule is CC(=O)c1ccc2ccccc2c1OCCc1cccs1. The summed E-state index contributed by atoms with van der Waals surface area (Å²) in [6.45, 7) is 2.16. The first kappa shape index (κ1) is 13.8. The van der Waals surface area contributed by atoms with E-state index < -0.39 is 0 Å². The predicted octanol–water partition coefficient (Wildman–Crippen LogP) is 4.73. The second kappa shape index (κ2) is 6.10. The van der Waals surface area contributed by atoms with Gasteiger partial charge in [-0.15, -0.1) is 11.3 Å². The van der Waals surface area contributed by atoms with Crippen molar-refractivity contribution in [3.8, 4) is 5.75 Å². The molecule has 0 aliphatic rings. The quantitative estimate of drug-likeness (QED) is 0.636. The highest BCUT2D eigenvalue weighted by Gasteiger charge is 2.12. The van der Waals surface area contributed by atoms with Gasteiger partial charge in [0.15, 0.2) is 5.78 Å². The fraction of sp³-hybridized carbons (Fsp3) is 0.167. The van der Waals surface area contributed by atoms with Crippen LogP contribution >= 0.6 is 11.3 Å². The fourth-order valence-electron chi connectivity index (χ4n) is 2.38. The standard InChI is InChI=1S/C18H16O2S/c1-13(19)16-9-8-14-5-2-3-7-17(14)18(16)20-11-10-15-6-4-12-21-15/h2-9,12H,10-11H2,1H3. The lowest BCUT2D eigenvalue weighted by atomic mass is 10.0. The van der Waals surface area contributed by atoms with Gasteiger partial charge in [0.05, 0.1) is 12.2 Å². The van der Waals surface area contributed by atoms with Crippen LogP contribution in [0.25, 0.3) is 10.8 Å². The molecule has 0 amide bonds. The molecule has 0 fully saturated rings. The van der Waals surface area contributed by atoms with Gasteiger partial charge < -0.3 is 4.74 Å². The molecule has 1 heterocycles. The number of benzene rings is 2. The normalized spacial score (nSPS) is 10.7. The van der Waals surface area contributed by atoms with Crippen LogP contribution < -0.4 is 4.74 Å². The minimum atomic E-state index is 0.0341. The van der Waals surface area contributed by atoms with Crippen molar-refractivity contribution in [2.75, 3.05) is 6.61 Å². The molecule has 0 atom stereocenters. The number of thiophene rings is 1. The average molecular weight is 296 g/mol. The molecule has 1 aromatic heterocycles. The Kier molecular flexibility index (Phi) is 4.02. The zero-order chi connectivity index (χ0) is 14.7. The number of carbonyl (C=O) groups excluding carboxylic acids is 1. The Labute approximate surface area is 128 Å². The van der Waals surface area contributed by atoms with Crippen molar-refractivity contribution in [2.24, 2.45) is 0 Å². The van der Waals surface area contributed by atoms with E-state index in [1.54, 1.807) is 18.3 Å². The van der Waals surface area contributed by atoms with Crippen LogP contribution in [0.1, 0.15) is 22.2 Å². The zero-order valence-corrected chi connectivity index (χ0v) is 12.7. The number of fused-ring (bicyclic) bond motifs is 1. The number of ether oxygens (including phenoxy) is 1. The minimum absolute atomic E-state index is 0.0341. The Morgan fingerprint density at radius 1 is 1.10 bits per heavy atom. The van der Waals surface area contributed by atoms with Crippen molar-refractivity contribution >= 4 is 27.9 Å². The monoisotopic (exact) mass is 296 g/mol. The molecule has 3 aromatic rings. The van der Waals surface area contributed by atoms with Crippen molar-refractivity contribution in [3.63, 3.8) is 0 Å². The van der Waals surface area contributed by atoms with Crippen LogP contribution in [0.3, 0.4) is 0 Å². The van der Waals surface area contributed by atoms with E-state index in [9.17, 15) is 4.79 Å². The second-order valence-corrected chi connectivity index (χ2v) is 5.93. The van der Waals surface area contributed by atoms with Crippen LogP contribution in [-0.4, -0.2) is 12.4 Å². The van der Waals surface area contributed by atoms with E-state index in [1.165, 1.54) is 4.88 Å². The third-order valence-corrected chi connectivity index (χ3v) is 4.37. The Bertz CT molecular complexity index is 760. The van der Waals surface area contributed by atoms with Gasteiger partial charge in [0, 0.05) is 16.7 Å². The average Bonchev–Trinajstić information content (AvgIpc) is 3.00. The third kappa shape index (κ3) is 2.98. The first-order chi connectivity index (χ1) is 10.3. The Balaban J connectivity index is 1.90. The van der Waals surface area contributed by atoms with E-state index in [0.717, 1.165) is 17.2 Å². The summed E-state index contributed by atoms with van der Waals surface area (Å²) < 4.78 is 5.97. The predicted molar refractivity (Wildman–Crippen MR) is 87.5 cm³/mol. The largest absolute Gasteiger partial charge is 0.492 e. The molecule has 3 rings (SSSR count). The molecule has 0 saturated carbocycles. The van der Waals surface area contributed by atoms with Gasteiger partial charge >= 0.3 is 0 Å². The number of ketones is 1. The van der Waals surface area contributed by atoms with Crippen LogP contribution in [0.5, 0.6) is 5.75 Å². The molecule has 0 unspecified atom stereocenters. The van der Waals surface area contributed by atoms with Gasteiger partial charge in [0.1, 0.15) is 5.75 Å². The summed E-state index contributed by atoms with van der Waals surface area (Å²) in [7, 11) is 0. The van der Waals surface area contributed by atoms with Gasteiger partial charge in [0.25, 0.3) is 0 Å². The zero-order valence-electron chi connectivity index (χ0n) is 11.8. The molecule has 3 heteroatoms. The maximum atomic E-state index is 11.8. The molecule has 0 N–H and O–H groups in total. The molecule has 0 aliphatic heterocycles. The highest BCUT2D eigenvalue weighted by Crippen LogP contribution is 2.30. The topological polar surface area (TPSA) is 26.3 Å². The molecule has 2 aromatic carbocycles. The lowest BCUT2D eigenvalue weighted by molar-refractivity contribution is 0.101. The number of Topliss-reactive ketones (excluding diaryl/α,β-unsaturated/α-hetero) is 1. The van der Waals surface area contributed by atoms with E-state index in [2.05, 4.69) is 11.4 Å². The minimum Gasteiger partial charge on any atom is -0.492 e. The summed E-state index contributed by atoms with van der Waals surface area (Å²) in [5.74, 6) is 0.740. The smallest absolute Gasteiger partial charge is 0.163 e. The summed E-state index contributed by atoms with van der Waals surface area (Å²) in [5.41, 5.74) is 0.653. The first-order valence-electron chi connectivity index (χ1n) is 6.93. The van der Waals surface area contributed by atoms with Gasteiger partial charge in [-0.25, -0.2) is 0 Å². The fourth-order valence-corrected chi connectivity index (χ4v) is 3.07. The third-order valence-electron chi connectivity index (χ3n) is 3.43. The maximum Gasteiger partial charge on any atom is 0.163 e. The van der Waals surface area contributed by atoms with Gasteiger partial charge in [-0.2, -0.15) is 0 Å². The van der Waals surface area contributed by atoms with E-state index in [0.29, 0.717) is 17.9 Å². The summed E-state index contributed by atoms with van der Waals surface area (Å²) in [5, 5.41) is 4.15. The van der Waals surface area contributed by atoms with Crippen molar-refractivity contribution in [1.82, 2.24) is 0 Å². The highest BCUT2D eigenvalue weighted by atomic mass is 32.1. The molecule has 0 bridgehead atoms. The molecule has 2 nitrogen and oxygen atoms in total.